The van der Waals surface area contributed by atoms with Crippen LogP contribution in [0.1, 0.15) is 11.6 Å². The fourth-order valence-electron chi connectivity index (χ4n) is 2.17. The highest BCUT2D eigenvalue weighted by Crippen LogP contribution is 2.23. The van der Waals surface area contributed by atoms with Crippen molar-refractivity contribution in [2.24, 2.45) is 5.84 Å². The number of likely N-dealkylation sites (N-methyl/N-ethyl adjacent to an activating group) is 1. The summed E-state index contributed by atoms with van der Waals surface area (Å²) in [6, 6.07) is 9.42. The molecule has 0 spiro atoms. The van der Waals surface area contributed by atoms with E-state index in [4.69, 9.17) is 10.6 Å². The monoisotopic (exact) mass is 249 g/mol. The fourth-order valence-corrected chi connectivity index (χ4v) is 2.17. The molecule has 98 valence electrons. The number of benzene rings is 1. The van der Waals surface area contributed by atoms with Crippen LogP contribution >= 0.6 is 0 Å². The normalized spacial score (nSPS) is 18.3. The first-order valence-corrected chi connectivity index (χ1v) is 6.09. The van der Waals surface area contributed by atoms with Crippen LogP contribution in [0.2, 0.25) is 0 Å². The Morgan fingerprint density at radius 1 is 1.33 bits per heavy atom. The summed E-state index contributed by atoms with van der Waals surface area (Å²) in [5, 5.41) is 1.16. The Hall–Kier alpha value is -1.43. The van der Waals surface area contributed by atoms with Crippen molar-refractivity contribution < 1.29 is 9.53 Å². The first-order valence-electron chi connectivity index (χ1n) is 6.09. The lowest BCUT2D eigenvalue weighted by Crippen LogP contribution is -2.48. The second-order valence-electron chi connectivity index (χ2n) is 4.41. The maximum absolute atomic E-state index is 12.3. The van der Waals surface area contributed by atoms with Gasteiger partial charge in [0.05, 0.1) is 13.2 Å². The molecule has 0 bridgehead atoms. The molecule has 0 radical (unpaired) electrons. The summed E-state index contributed by atoms with van der Waals surface area (Å²) in [6.45, 7) is 2.81. The van der Waals surface area contributed by atoms with E-state index >= 15 is 0 Å². The van der Waals surface area contributed by atoms with E-state index in [2.05, 4.69) is 4.90 Å². The summed E-state index contributed by atoms with van der Waals surface area (Å²) in [5.74, 6) is 5.51. The first-order chi connectivity index (χ1) is 8.70. The quantitative estimate of drug-likeness (QED) is 0.478. The maximum atomic E-state index is 12.3. The molecule has 5 heteroatoms. The van der Waals surface area contributed by atoms with E-state index in [0.29, 0.717) is 13.2 Å². The minimum absolute atomic E-state index is 0.0944. The molecule has 0 unspecified atom stereocenters. The fraction of sp³-hybridized carbons (Fsp3) is 0.462. The molecule has 0 aromatic heterocycles. The molecule has 1 aromatic rings. The molecule has 5 nitrogen and oxygen atoms in total. The number of nitrogens with zero attached hydrogens (tertiary/aromatic N) is 2. The van der Waals surface area contributed by atoms with Gasteiger partial charge in [0.25, 0.3) is 5.91 Å². The average molecular weight is 249 g/mol. The summed E-state index contributed by atoms with van der Waals surface area (Å²) in [7, 11) is 1.58. The Balaban J connectivity index is 2.25. The van der Waals surface area contributed by atoms with Crippen molar-refractivity contribution in [1.29, 1.82) is 0 Å². The van der Waals surface area contributed by atoms with Crippen LogP contribution in [0.3, 0.4) is 0 Å². The number of hydrogen-bond donors (Lipinski definition) is 1. The summed E-state index contributed by atoms with van der Waals surface area (Å²) in [4.78, 5) is 14.4. The minimum atomic E-state index is -0.315. The van der Waals surface area contributed by atoms with Crippen molar-refractivity contribution in [2.75, 3.05) is 33.4 Å². The number of hydrogen-bond acceptors (Lipinski definition) is 4. The molecule has 0 aliphatic carbocycles. The predicted molar refractivity (Wildman–Crippen MR) is 68.5 cm³/mol. The number of ether oxygens (including phenoxy) is 1. The Morgan fingerprint density at radius 2 is 1.94 bits per heavy atom. The first kappa shape index (κ1) is 13.0. The third-order valence-electron chi connectivity index (χ3n) is 3.11. The van der Waals surface area contributed by atoms with Crippen LogP contribution in [0.5, 0.6) is 0 Å². The van der Waals surface area contributed by atoms with Crippen LogP contribution in [-0.4, -0.2) is 49.2 Å². The molecule has 1 saturated heterocycles. The van der Waals surface area contributed by atoms with Crippen molar-refractivity contribution >= 4 is 5.91 Å². The number of hydrazine groups is 1. The molecule has 1 atom stereocenters. The Morgan fingerprint density at radius 3 is 2.50 bits per heavy atom. The number of carbonyl (C=O) groups is 1. The summed E-state index contributed by atoms with van der Waals surface area (Å²) >= 11 is 0. The number of morpholine rings is 1. The van der Waals surface area contributed by atoms with Crippen molar-refractivity contribution in [3.63, 3.8) is 0 Å². The molecule has 1 amide bonds. The van der Waals surface area contributed by atoms with E-state index in [1.165, 1.54) is 0 Å². The second kappa shape index (κ2) is 5.95. The van der Waals surface area contributed by atoms with E-state index in [1.54, 1.807) is 7.05 Å². The molecule has 18 heavy (non-hydrogen) atoms. The van der Waals surface area contributed by atoms with Gasteiger partial charge in [-0.3, -0.25) is 14.7 Å². The molecule has 1 heterocycles. The molecular formula is C13H19N3O2. The number of nitrogens with two attached hydrogens (primary N) is 1. The molecular weight excluding hydrogens is 230 g/mol. The molecule has 2 N–H and O–H groups in total. The van der Waals surface area contributed by atoms with Crippen molar-refractivity contribution in [3.05, 3.63) is 35.9 Å². The zero-order valence-electron chi connectivity index (χ0n) is 10.6. The Bertz CT molecular complexity index is 388. The molecule has 1 aliphatic rings. The maximum Gasteiger partial charge on any atom is 0.258 e. The Labute approximate surface area is 107 Å². The third-order valence-corrected chi connectivity index (χ3v) is 3.11. The number of amides is 1. The second-order valence-corrected chi connectivity index (χ2v) is 4.41. The van der Waals surface area contributed by atoms with E-state index in [0.717, 1.165) is 23.7 Å². The highest BCUT2D eigenvalue weighted by molar-refractivity contribution is 5.82. The molecule has 1 aromatic carbocycles. The zero-order valence-corrected chi connectivity index (χ0v) is 10.6. The minimum Gasteiger partial charge on any atom is -0.379 e. The zero-order chi connectivity index (χ0) is 13.0. The van der Waals surface area contributed by atoms with E-state index in [1.807, 2.05) is 30.3 Å². The standard InChI is InChI=1S/C13H19N3O2/c1-15(14)13(17)12(11-5-3-2-4-6-11)16-7-9-18-10-8-16/h2-6,12H,7-10,14H2,1H3/t12-/m0/s1. The summed E-state index contributed by atoms with van der Waals surface area (Å²) in [6.07, 6.45) is 0. The van der Waals surface area contributed by atoms with Crippen molar-refractivity contribution in [1.82, 2.24) is 9.91 Å². The van der Waals surface area contributed by atoms with E-state index in [-0.39, 0.29) is 11.9 Å². The van der Waals surface area contributed by atoms with Gasteiger partial charge in [0.15, 0.2) is 0 Å². The predicted octanol–water partition coefficient (Wildman–Crippen LogP) is 0.392. The van der Waals surface area contributed by atoms with Gasteiger partial charge in [0, 0.05) is 20.1 Å². The van der Waals surface area contributed by atoms with Crippen LogP contribution in [0, 0.1) is 0 Å². The Kier molecular flexibility index (Phi) is 4.30. The highest BCUT2D eigenvalue weighted by Gasteiger charge is 2.30. The summed E-state index contributed by atoms with van der Waals surface area (Å²) in [5.41, 5.74) is 0.974. The van der Waals surface area contributed by atoms with E-state index < -0.39 is 0 Å². The molecule has 1 fully saturated rings. The van der Waals surface area contributed by atoms with Gasteiger partial charge in [-0.1, -0.05) is 30.3 Å². The lowest BCUT2D eigenvalue weighted by atomic mass is 10.0. The topological polar surface area (TPSA) is 58.8 Å². The van der Waals surface area contributed by atoms with Gasteiger partial charge >= 0.3 is 0 Å². The smallest absolute Gasteiger partial charge is 0.258 e. The van der Waals surface area contributed by atoms with Crippen LogP contribution in [0.4, 0.5) is 0 Å². The third kappa shape index (κ3) is 2.87. The van der Waals surface area contributed by atoms with Crippen LogP contribution in [0.25, 0.3) is 0 Å². The lowest BCUT2D eigenvalue weighted by molar-refractivity contribution is -0.138. The van der Waals surface area contributed by atoms with Gasteiger partial charge in [0.2, 0.25) is 0 Å². The van der Waals surface area contributed by atoms with E-state index in [9.17, 15) is 4.79 Å². The summed E-state index contributed by atoms with van der Waals surface area (Å²) < 4.78 is 5.33. The van der Waals surface area contributed by atoms with Gasteiger partial charge in [-0.05, 0) is 5.56 Å². The SMILES string of the molecule is CN(N)C(=O)[C@H](c1ccccc1)N1CCOCC1. The lowest BCUT2D eigenvalue weighted by Gasteiger charge is -2.34. The van der Waals surface area contributed by atoms with Gasteiger partial charge in [0.1, 0.15) is 6.04 Å². The van der Waals surface area contributed by atoms with Crippen molar-refractivity contribution in [3.8, 4) is 0 Å². The van der Waals surface area contributed by atoms with Crippen LogP contribution in [0.15, 0.2) is 30.3 Å². The molecule has 0 saturated carbocycles. The van der Waals surface area contributed by atoms with Gasteiger partial charge < -0.3 is 4.74 Å². The van der Waals surface area contributed by atoms with Gasteiger partial charge in [-0.2, -0.15) is 0 Å². The van der Waals surface area contributed by atoms with Gasteiger partial charge in [-0.25, -0.2) is 5.84 Å². The number of carbonyl (C=O) groups excluding carboxylic acids is 1. The van der Waals surface area contributed by atoms with Crippen LogP contribution < -0.4 is 5.84 Å². The highest BCUT2D eigenvalue weighted by atomic mass is 16.5. The largest absolute Gasteiger partial charge is 0.379 e. The van der Waals surface area contributed by atoms with Crippen molar-refractivity contribution in [2.45, 2.75) is 6.04 Å². The number of rotatable bonds is 3. The van der Waals surface area contributed by atoms with Crippen LogP contribution in [-0.2, 0) is 9.53 Å². The van der Waals surface area contributed by atoms with Gasteiger partial charge in [-0.15, -0.1) is 0 Å². The molecule has 1 aliphatic heterocycles. The average Bonchev–Trinajstić information content (AvgIpc) is 2.41. The molecule has 2 rings (SSSR count).